The van der Waals surface area contributed by atoms with E-state index >= 15 is 0 Å². The van der Waals surface area contributed by atoms with Gasteiger partial charge in [-0.1, -0.05) is 64.1 Å². The van der Waals surface area contributed by atoms with E-state index in [-0.39, 0.29) is 29.7 Å². The van der Waals surface area contributed by atoms with Gasteiger partial charge in [0.25, 0.3) is 0 Å². The molecule has 0 fully saturated rings. The minimum absolute atomic E-state index is 0.0114. The SMILES string of the molecule is C=CCN(CC(=O)N(Cc1ccccc1)Cc1ccco1)C(=O)C[C@@H](C)CC(C)(C)C. The first kappa shape index (κ1) is 24.4. The van der Waals surface area contributed by atoms with Crippen molar-refractivity contribution < 1.29 is 14.0 Å². The molecule has 5 heteroatoms. The Morgan fingerprint density at radius 2 is 1.74 bits per heavy atom. The Kier molecular flexibility index (Phi) is 9.10. The van der Waals surface area contributed by atoms with Crippen LogP contribution >= 0.6 is 0 Å². The fourth-order valence-corrected chi connectivity index (χ4v) is 3.85. The molecule has 168 valence electrons. The summed E-state index contributed by atoms with van der Waals surface area (Å²) >= 11 is 0. The zero-order valence-electron chi connectivity index (χ0n) is 19.3. The third kappa shape index (κ3) is 8.83. The molecule has 0 aliphatic heterocycles. The van der Waals surface area contributed by atoms with Crippen molar-refractivity contribution in [2.24, 2.45) is 11.3 Å². The molecule has 2 aromatic rings. The predicted molar refractivity (Wildman–Crippen MR) is 124 cm³/mol. The lowest BCUT2D eigenvalue weighted by molar-refractivity contribution is -0.141. The highest BCUT2D eigenvalue weighted by Crippen LogP contribution is 2.26. The molecular weight excluding hydrogens is 388 g/mol. The van der Waals surface area contributed by atoms with Gasteiger partial charge in [0, 0.05) is 19.5 Å². The van der Waals surface area contributed by atoms with E-state index in [1.165, 1.54) is 0 Å². The molecule has 0 aliphatic carbocycles. The highest BCUT2D eigenvalue weighted by Gasteiger charge is 2.24. The number of rotatable bonds is 11. The van der Waals surface area contributed by atoms with Crippen LogP contribution in [0.5, 0.6) is 0 Å². The molecule has 0 spiro atoms. The molecule has 0 N–H and O–H groups in total. The number of benzene rings is 1. The highest BCUT2D eigenvalue weighted by molar-refractivity contribution is 5.85. The third-order valence-electron chi connectivity index (χ3n) is 5.01. The van der Waals surface area contributed by atoms with Gasteiger partial charge in [0.2, 0.25) is 11.8 Å². The summed E-state index contributed by atoms with van der Waals surface area (Å²) in [4.78, 5) is 29.5. The zero-order valence-corrected chi connectivity index (χ0v) is 19.3. The summed E-state index contributed by atoms with van der Waals surface area (Å²) in [5, 5.41) is 0. The van der Waals surface area contributed by atoms with Gasteiger partial charge in [-0.2, -0.15) is 0 Å². The smallest absolute Gasteiger partial charge is 0.242 e. The van der Waals surface area contributed by atoms with Crippen molar-refractivity contribution in [1.29, 1.82) is 0 Å². The van der Waals surface area contributed by atoms with Crippen LogP contribution in [0.4, 0.5) is 0 Å². The fraction of sp³-hybridized carbons (Fsp3) is 0.462. The van der Waals surface area contributed by atoms with Gasteiger partial charge < -0.3 is 14.2 Å². The second-order valence-corrected chi connectivity index (χ2v) is 9.45. The van der Waals surface area contributed by atoms with Crippen LogP contribution in [0.1, 0.15) is 51.9 Å². The van der Waals surface area contributed by atoms with Gasteiger partial charge in [-0.05, 0) is 35.4 Å². The quantitative estimate of drug-likeness (QED) is 0.461. The lowest BCUT2D eigenvalue weighted by Gasteiger charge is -2.28. The Balaban J connectivity index is 2.09. The largest absolute Gasteiger partial charge is 0.467 e. The number of hydrogen-bond acceptors (Lipinski definition) is 3. The van der Waals surface area contributed by atoms with E-state index in [0.29, 0.717) is 31.8 Å². The topological polar surface area (TPSA) is 53.8 Å². The number of nitrogens with zero attached hydrogens (tertiary/aromatic N) is 2. The van der Waals surface area contributed by atoms with Crippen LogP contribution in [-0.4, -0.2) is 34.7 Å². The molecular formula is C26H36N2O3. The summed E-state index contributed by atoms with van der Waals surface area (Å²) in [6, 6.07) is 13.5. The van der Waals surface area contributed by atoms with Crippen LogP contribution in [0.25, 0.3) is 0 Å². The second kappa shape index (κ2) is 11.5. The Labute approximate surface area is 186 Å². The number of furan rings is 1. The van der Waals surface area contributed by atoms with Gasteiger partial charge in [-0.15, -0.1) is 6.58 Å². The predicted octanol–water partition coefficient (Wildman–Crippen LogP) is 5.29. The maximum absolute atomic E-state index is 13.2. The molecule has 5 nitrogen and oxygen atoms in total. The van der Waals surface area contributed by atoms with Gasteiger partial charge in [0.05, 0.1) is 12.8 Å². The van der Waals surface area contributed by atoms with E-state index in [2.05, 4.69) is 34.3 Å². The van der Waals surface area contributed by atoms with E-state index in [1.807, 2.05) is 42.5 Å². The lowest BCUT2D eigenvalue weighted by Crippen LogP contribution is -2.43. The van der Waals surface area contributed by atoms with E-state index < -0.39 is 0 Å². The summed E-state index contributed by atoms with van der Waals surface area (Å²) in [5.74, 6) is 0.838. The molecule has 0 aliphatic rings. The molecule has 1 atom stereocenters. The molecule has 0 bridgehead atoms. The van der Waals surface area contributed by atoms with Crippen LogP contribution in [0.15, 0.2) is 65.8 Å². The molecule has 0 saturated carbocycles. The van der Waals surface area contributed by atoms with E-state index in [1.54, 1.807) is 22.1 Å². The summed E-state index contributed by atoms with van der Waals surface area (Å²) in [6.07, 6.45) is 4.65. The van der Waals surface area contributed by atoms with Crippen molar-refractivity contribution >= 4 is 11.8 Å². The van der Waals surface area contributed by atoms with Crippen molar-refractivity contribution in [2.45, 2.75) is 53.6 Å². The first-order chi connectivity index (χ1) is 14.7. The van der Waals surface area contributed by atoms with E-state index in [9.17, 15) is 9.59 Å². The van der Waals surface area contributed by atoms with E-state index in [4.69, 9.17) is 4.42 Å². The highest BCUT2D eigenvalue weighted by atomic mass is 16.3. The normalized spacial score (nSPS) is 12.3. The zero-order chi connectivity index (χ0) is 22.9. The molecule has 0 radical (unpaired) electrons. The van der Waals surface area contributed by atoms with Crippen molar-refractivity contribution in [3.63, 3.8) is 0 Å². The minimum Gasteiger partial charge on any atom is -0.467 e. The van der Waals surface area contributed by atoms with Crippen LogP contribution < -0.4 is 0 Å². The standard InChI is InChI=1S/C26H36N2O3/c1-6-14-27(24(29)16-21(2)17-26(3,4)5)20-25(30)28(19-23-13-10-15-31-23)18-22-11-8-7-9-12-22/h6-13,15,21H,1,14,16-20H2,2-5H3/t21-/m1/s1. The number of amides is 2. The van der Waals surface area contributed by atoms with Gasteiger partial charge in [-0.3, -0.25) is 9.59 Å². The monoisotopic (exact) mass is 424 g/mol. The number of hydrogen-bond donors (Lipinski definition) is 0. The molecule has 1 aromatic heterocycles. The number of carbonyl (C=O) groups is 2. The molecule has 2 rings (SSSR count). The summed E-state index contributed by atoms with van der Waals surface area (Å²) in [5.41, 5.74) is 1.19. The Morgan fingerprint density at radius 1 is 1.03 bits per heavy atom. The maximum Gasteiger partial charge on any atom is 0.242 e. The summed E-state index contributed by atoms with van der Waals surface area (Å²) < 4.78 is 5.46. The Bertz CT molecular complexity index is 822. The molecule has 0 saturated heterocycles. The number of carbonyl (C=O) groups excluding carboxylic acids is 2. The first-order valence-corrected chi connectivity index (χ1v) is 10.9. The molecule has 31 heavy (non-hydrogen) atoms. The molecule has 0 unspecified atom stereocenters. The molecule has 1 aromatic carbocycles. The van der Waals surface area contributed by atoms with Gasteiger partial charge in [-0.25, -0.2) is 0 Å². The van der Waals surface area contributed by atoms with Gasteiger partial charge in [0.15, 0.2) is 0 Å². The maximum atomic E-state index is 13.2. The molecule has 1 heterocycles. The van der Waals surface area contributed by atoms with Gasteiger partial charge in [0.1, 0.15) is 12.3 Å². The Hall–Kier alpha value is -2.82. The summed E-state index contributed by atoms with van der Waals surface area (Å²) in [6.45, 7) is 13.6. The van der Waals surface area contributed by atoms with Crippen LogP contribution in [0, 0.1) is 11.3 Å². The van der Waals surface area contributed by atoms with Crippen LogP contribution in [-0.2, 0) is 22.7 Å². The third-order valence-corrected chi connectivity index (χ3v) is 5.01. The van der Waals surface area contributed by atoms with Crippen molar-refractivity contribution in [2.75, 3.05) is 13.1 Å². The first-order valence-electron chi connectivity index (χ1n) is 10.9. The average molecular weight is 425 g/mol. The minimum atomic E-state index is -0.112. The van der Waals surface area contributed by atoms with Crippen molar-refractivity contribution in [3.05, 3.63) is 72.7 Å². The van der Waals surface area contributed by atoms with Crippen molar-refractivity contribution in [3.8, 4) is 0 Å². The Morgan fingerprint density at radius 3 is 2.32 bits per heavy atom. The summed E-state index contributed by atoms with van der Waals surface area (Å²) in [7, 11) is 0. The van der Waals surface area contributed by atoms with E-state index in [0.717, 1.165) is 12.0 Å². The second-order valence-electron chi connectivity index (χ2n) is 9.45. The fourth-order valence-electron chi connectivity index (χ4n) is 3.85. The molecule has 2 amide bonds. The van der Waals surface area contributed by atoms with Crippen LogP contribution in [0.3, 0.4) is 0 Å². The van der Waals surface area contributed by atoms with Crippen LogP contribution in [0.2, 0.25) is 0 Å². The lowest BCUT2D eigenvalue weighted by atomic mass is 9.84. The van der Waals surface area contributed by atoms with Crippen molar-refractivity contribution in [1.82, 2.24) is 9.80 Å². The average Bonchev–Trinajstić information content (AvgIpc) is 3.19. The van der Waals surface area contributed by atoms with Gasteiger partial charge >= 0.3 is 0 Å².